The first-order valence-corrected chi connectivity index (χ1v) is 12.2. The number of carboxylic acid groups (broad SMARTS) is 1. The van der Waals surface area contributed by atoms with Gasteiger partial charge in [-0.2, -0.15) is 0 Å². The molecule has 152 valence electrons. The first kappa shape index (κ1) is 24.9. The van der Waals surface area contributed by atoms with Crippen LogP contribution in [0.1, 0.15) is 93.4 Å². The van der Waals surface area contributed by atoms with Crippen LogP contribution in [-0.4, -0.2) is 25.4 Å². The summed E-state index contributed by atoms with van der Waals surface area (Å²) in [5.41, 5.74) is 0.527. The van der Waals surface area contributed by atoms with Gasteiger partial charge in [-0.3, -0.25) is 0 Å². The van der Waals surface area contributed by atoms with Crippen LogP contribution in [-0.2, 0) is 14.0 Å². The maximum Gasteiger partial charge on any atom is 0.328 e. The fourth-order valence-corrected chi connectivity index (χ4v) is 10.7. The van der Waals surface area contributed by atoms with Crippen LogP contribution in [0.5, 0.6) is 0 Å². The molecule has 0 aromatic rings. The summed E-state index contributed by atoms with van der Waals surface area (Å²) >= 11 is 0. The Morgan fingerprint density at radius 1 is 0.962 bits per heavy atom. The van der Waals surface area contributed by atoms with Gasteiger partial charge in [-0.1, -0.05) is 87.0 Å². The average Bonchev–Trinajstić information content (AvgIpc) is 2.52. The Morgan fingerprint density at radius 2 is 1.46 bits per heavy atom. The van der Waals surface area contributed by atoms with Gasteiger partial charge in [0.05, 0.1) is 0 Å². The SMILES string of the molecule is CCCCCCCCC(C)(C)[Si](OC(=O)/C=C\C(=O)O)(C(C)C)C(C)C. The van der Waals surface area contributed by atoms with Crippen LogP contribution in [0.2, 0.25) is 16.1 Å². The second-order valence-electron chi connectivity index (χ2n) is 8.60. The van der Waals surface area contributed by atoms with Crippen molar-refractivity contribution in [3.63, 3.8) is 0 Å². The summed E-state index contributed by atoms with van der Waals surface area (Å²) < 4.78 is 6.12. The normalized spacial score (nSPS) is 13.0. The van der Waals surface area contributed by atoms with Crippen molar-refractivity contribution in [1.29, 1.82) is 0 Å². The van der Waals surface area contributed by atoms with Gasteiger partial charge in [0, 0.05) is 12.2 Å². The topological polar surface area (TPSA) is 63.6 Å². The highest BCUT2D eigenvalue weighted by Crippen LogP contribution is 2.54. The molecule has 26 heavy (non-hydrogen) atoms. The lowest BCUT2D eigenvalue weighted by molar-refractivity contribution is -0.133. The summed E-state index contributed by atoms with van der Waals surface area (Å²) in [5.74, 6) is -1.65. The molecule has 0 spiro atoms. The smallest absolute Gasteiger partial charge is 0.328 e. The van der Waals surface area contributed by atoms with Gasteiger partial charge in [0.25, 0.3) is 8.32 Å². The minimum atomic E-state index is -2.48. The molecule has 0 aliphatic heterocycles. The van der Waals surface area contributed by atoms with Gasteiger partial charge in [0.2, 0.25) is 0 Å². The molecule has 0 aliphatic carbocycles. The van der Waals surface area contributed by atoms with E-state index in [1.807, 2.05) is 0 Å². The largest absolute Gasteiger partial charge is 0.515 e. The number of rotatable bonds is 13. The summed E-state index contributed by atoms with van der Waals surface area (Å²) in [5, 5.41) is 8.70. The number of hydrogen-bond donors (Lipinski definition) is 1. The minimum Gasteiger partial charge on any atom is -0.515 e. The maximum absolute atomic E-state index is 12.3. The van der Waals surface area contributed by atoms with E-state index in [1.165, 1.54) is 32.1 Å². The van der Waals surface area contributed by atoms with Crippen LogP contribution < -0.4 is 0 Å². The fourth-order valence-electron chi connectivity index (χ4n) is 4.49. The molecule has 1 N–H and O–H groups in total. The monoisotopic (exact) mass is 384 g/mol. The van der Waals surface area contributed by atoms with Crippen molar-refractivity contribution in [3.05, 3.63) is 12.2 Å². The summed E-state index contributed by atoms with van der Waals surface area (Å²) in [7, 11) is -2.48. The highest BCUT2D eigenvalue weighted by Gasteiger charge is 2.56. The Hall–Kier alpha value is -1.10. The van der Waals surface area contributed by atoms with E-state index in [0.29, 0.717) is 0 Å². The van der Waals surface area contributed by atoms with E-state index in [9.17, 15) is 9.59 Å². The third kappa shape index (κ3) is 7.26. The summed E-state index contributed by atoms with van der Waals surface area (Å²) in [6.45, 7) is 15.3. The van der Waals surface area contributed by atoms with Crippen LogP contribution in [0.4, 0.5) is 0 Å². The third-order valence-corrected chi connectivity index (χ3v) is 11.9. The van der Waals surface area contributed by atoms with Crippen molar-refractivity contribution in [1.82, 2.24) is 0 Å². The van der Waals surface area contributed by atoms with Crippen LogP contribution in [0.25, 0.3) is 0 Å². The van der Waals surface area contributed by atoms with E-state index < -0.39 is 20.3 Å². The molecule has 0 atom stereocenters. The zero-order chi connectivity index (χ0) is 20.4. The number of carbonyl (C=O) groups is 2. The number of hydrogen-bond acceptors (Lipinski definition) is 3. The van der Waals surface area contributed by atoms with Gasteiger partial charge in [0.15, 0.2) is 0 Å². The molecule has 4 nitrogen and oxygen atoms in total. The fraction of sp³-hybridized carbons (Fsp3) is 0.810. The molecule has 0 aliphatic rings. The van der Waals surface area contributed by atoms with E-state index in [2.05, 4.69) is 48.5 Å². The number of unbranched alkanes of at least 4 members (excludes halogenated alkanes) is 5. The van der Waals surface area contributed by atoms with E-state index in [4.69, 9.17) is 9.53 Å². The van der Waals surface area contributed by atoms with Crippen LogP contribution in [0.3, 0.4) is 0 Å². The van der Waals surface area contributed by atoms with Gasteiger partial charge >= 0.3 is 11.9 Å². The molecular formula is C21H40O4Si. The van der Waals surface area contributed by atoms with Crippen LogP contribution in [0, 0.1) is 0 Å². The number of aliphatic carboxylic acids is 1. The lowest BCUT2D eigenvalue weighted by Gasteiger charge is -2.49. The van der Waals surface area contributed by atoms with Gasteiger partial charge < -0.3 is 9.53 Å². The second-order valence-corrected chi connectivity index (χ2v) is 14.1. The second kappa shape index (κ2) is 11.6. The van der Waals surface area contributed by atoms with Crippen molar-refractivity contribution in [2.75, 3.05) is 0 Å². The minimum absolute atomic E-state index is 0.0627. The third-order valence-electron chi connectivity index (χ3n) is 5.56. The van der Waals surface area contributed by atoms with Gasteiger partial charge in [-0.25, -0.2) is 9.59 Å². The summed E-state index contributed by atoms with van der Waals surface area (Å²) in [4.78, 5) is 23.0. The Morgan fingerprint density at radius 3 is 1.92 bits per heavy atom. The van der Waals surface area contributed by atoms with Crippen molar-refractivity contribution in [2.24, 2.45) is 0 Å². The molecule has 0 bridgehead atoms. The zero-order valence-electron chi connectivity index (χ0n) is 17.9. The zero-order valence-corrected chi connectivity index (χ0v) is 18.9. The molecule has 0 heterocycles. The molecule has 0 saturated carbocycles. The van der Waals surface area contributed by atoms with E-state index in [-0.39, 0.29) is 16.1 Å². The molecule has 0 amide bonds. The van der Waals surface area contributed by atoms with Gasteiger partial charge in [0.1, 0.15) is 0 Å². The van der Waals surface area contributed by atoms with Crippen molar-refractivity contribution in [3.8, 4) is 0 Å². The molecule has 0 radical (unpaired) electrons. The predicted molar refractivity (Wildman–Crippen MR) is 111 cm³/mol. The lowest BCUT2D eigenvalue weighted by atomic mass is 10.0. The quantitative estimate of drug-likeness (QED) is 0.225. The molecule has 0 aromatic carbocycles. The highest BCUT2D eigenvalue weighted by atomic mass is 28.4. The maximum atomic E-state index is 12.3. The first-order valence-electron chi connectivity index (χ1n) is 10.1. The Kier molecular flexibility index (Phi) is 11.1. The molecule has 0 saturated heterocycles. The summed E-state index contributed by atoms with van der Waals surface area (Å²) in [6, 6.07) is 0. The molecule has 5 heteroatoms. The molecule has 0 aromatic heterocycles. The van der Waals surface area contributed by atoms with Gasteiger partial charge in [-0.05, 0) is 22.5 Å². The molecule has 0 fully saturated rings. The Labute approximate surface area is 161 Å². The standard InChI is InChI=1S/C21H40O4Si/c1-8-9-10-11-12-13-16-21(6,7)26(17(2)3,18(4)5)25-20(24)15-14-19(22)23/h14-15,17-18H,8-13,16H2,1-7H3,(H,22,23)/b15-14-. The van der Waals surface area contributed by atoms with E-state index >= 15 is 0 Å². The van der Waals surface area contributed by atoms with E-state index in [1.54, 1.807) is 0 Å². The highest BCUT2D eigenvalue weighted by molar-refractivity contribution is 6.80. The first-order chi connectivity index (χ1) is 12.0. The van der Waals surface area contributed by atoms with Gasteiger partial charge in [-0.15, -0.1) is 0 Å². The predicted octanol–water partition coefficient (Wildman–Crippen LogP) is 6.47. The van der Waals surface area contributed by atoms with Crippen molar-refractivity contribution >= 4 is 20.3 Å². The average molecular weight is 385 g/mol. The lowest BCUT2D eigenvalue weighted by Crippen LogP contribution is -2.54. The number of carbonyl (C=O) groups excluding carboxylic acids is 1. The van der Waals surface area contributed by atoms with E-state index in [0.717, 1.165) is 25.0 Å². The van der Waals surface area contributed by atoms with Crippen molar-refractivity contribution < 1.29 is 19.1 Å². The Balaban J connectivity index is 5.25. The Bertz CT molecular complexity index is 459. The summed E-state index contributed by atoms with van der Waals surface area (Å²) in [6.07, 6.45) is 10.4. The van der Waals surface area contributed by atoms with Crippen LogP contribution in [0.15, 0.2) is 12.2 Å². The molecule has 0 rings (SSSR count). The van der Waals surface area contributed by atoms with Crippen LogP contribution >= 0.6 is 0 Å². The molecule has 0 unspecified atom stereocenters. The molecular weight excluding hydrogens is 344 g/mol. The number of carboxylic acids is 1. The van der Waals surface area contributed by atoms with Crippen molar-refractivity contribution in [2.45, 2.75) is 110 Å².